The number of nitrogens with zero attached hydrogens (tertiary/aromatic N) is 1. The zero-order valence-corrected chi connectivity index (χ0v) is 12.3. The largest absolute Gasteiger partial charge is 0.244 e. The fourth-order valence-electron chi connectivity index (χ4n) is 3.14. The van der Waals surface area contributed by atoms with E-state index in [0.29, 0.717) is 17.5 Å². The van der Waals surface area contributed by atoms with Gasteiger partial charge in [-0.05, 0) is 43.7 Å². The van der Waals surface area contributed by atoms with Crippen molar-refractivity contribution in [1.82, 2.24) is 4.31 Å². The Balaban J connectivity index is 1.93. The molecule has 0 spiro atoms. The molecule has 0 radical (unpaired) electrons. The standard InChI is InChI=1S/C14H18ClNO2S/c15-12-7-1-2-9-14(12)19(17,18)16-10-4-8-13(16)11-5-3-6-11/h1-2,7,9,11,13H,3-6,8,10H2. The van der Waals surface area contributed by atoms with Crippen molar-refractivity contribution in [3.63, 3.8) is 0 Å². The highest BCUT2D eigenvalue weighted by Crippen LogP contribution is 2.40. The van der Waals surface area contributed by atoms with Crippen molar-refractivity contribution in [2.75, 3.05) is 6.54 Å². The van der Waals surface area contributed by atoms with Crippen molar-refractivity contribution in [3.05, 3.63) is 29.3 Å². The first kappa shape index (κ1) is 13.4. The molecule has 3 rings (SSSR count). The lowest BCUT2D eigenvalue weighted by Crippen LogP contribution is -2.42. The second-order valence-electron chi connectivity index (χ2n) is 5.45. The molecule has 1 heterocycles. The molecular formula is C14H18ClNO2S. The molecule has 5 heteroatoms. The maximum absolute atomic E-state index is 12.8. The Hall–Kier alpha value is -0.580. The highest BCUT2D eigenvalue weighted by Gasteiger charge is 2.41. The van der Waals surface area contributed by atoms with Crippen LogP contribution in [-0.2, 0) is 10.0 Å². The molecule has 3 nitrogen and oxygen atoms in total. The third-order valence-corrected chi connectivity index (χ3v) is 6.79. The van der Waals surface area contributed by atoms with Gasteiger partial charge in [0.25, 0.3) is 0 Å². The van der Waals surface area contributed by atoms with Crippen molar-refractivity contribution in [1.29, 1.82) is 0 Å². The molecule has 0 bridgehead atoms. The summed E-state index contributed by atoms with van der Waals surface area (Å²) >= 11 is 6.06. The third-order valence-electron chi connectivity index (χ3n) is 4.37. The third kappa shape index (κ3) is 2.30. The van der Waals surface area contributed by atoms with Crippen molar-refractivity contribution in [3.8, 4) is 0 Å². The lowest BCUT2D eigenvalue weighted by Gasteiger charge is -2.36. The van der Waals surface area contributed by atoms with Gasteiger partial charge in [0.05, 0.1) is 5.02 Å². The van der Waals surface area contributed by atoms with Crippen LogP contribution in [0.3, 0.4) is 0 Å². The summed E-state index contributed by atoms with van der Waals surface area (Å²) in [5.74, 6) is 0.555. The second-order valence-corrected chi connectivity index (χ2v) is 7.71. The molecule has 2 aliphatic rings. The van der Waals surface area contributed by atoms with Gasteiger partial charge in [0.1, 0.15) is 4.90 Å². The van der Waals surface area contributed by atoms with Crippen LogP contribution in [0.1, 0.15) is 32.1 Å². The molecule has 2 fully saturated rings. The molecule has 1 aliphatic heterocycles. The molecule has 1 saturated carbocycles. The number of sulfonamides is 1. The molecule has 0 amide bonds. The summed E-state index contributed by atoms with van der Waals surface area (Å²) in [6.45, 7) is 0.634. The topological polar surface area (TPSA) is 37.4 Å². The number of hydrogen-bond donors (Lipinski definition) is 0. The SMILES string of the molecule is O=S(=O)(c1ccccc1Cl)N1CCCC1C1CCC1. The van der Waals surface area contributed by atoms with Crippen molar-refractivity contribution in [2.24, 2.45) is 5.92 Å². The smallest absolute Gasteiger partial charge is 0.207 e. The molecule has 1 aromatic rings. The van der Waals surface area contributed by atoms with Crippen LogP contribution in [0, 0.1) is 5.92 Å². The number of hydrogen-bond acceptors (Lipinski definition) is 2. The van der Waals surface area contributed by atoms with E-state index in [1.807, 2.05) is 0 Å². The lowest BCUT2D eigenvalue weighted by atomic mass is 9.79. The zero-order chi connectivity index (χ0) is 13.5. The van der Waals surface area contributed by atoms with E-state index < -0.39 is 10.0 Å². The molecule has 1 unspecified atom stereocenters. The Bertz CT molecular complexity index is 569. The van der Waals surface area contributed by atoms with Gasteiger partial charge in [0.15, 0.2) is 0 Å². The van der Waals surface area contributed by atoms with E-state index in [2.05, 4.69) is 0 Å². The molecule has 0 aromatic heterocycles. The number of rotatable bonds is 3. The van der Waals surface area contributed by atoms with Crippen LogP contribution in [0.5, 0.6) is 0 Å². The summed E-state index contributed by atoms with van der Waals surface area (Å²) < 4.78 is 27.2. The van der Waals surface area contributed by atoms with E-state index in [1.54, 1.807) is 28.6 Å². The number of halogens is 1. The van der Waals surface area contributed by atoms with Crippen molar-refractivity contribution in [2.45, 2.75) is 43.0 Å². The van der Waals surface area contributed by atoms with Crippen LogP contribution in [-0.4, -0.2) is 25.3 Å². The molecule has 0 N–H and O–H groups in total. The normalized spacial score (nSPS) is 25.4. The summed E-state index contributed by atoms with van der Waals surface area (Å²) in [4.78, 5) is 0.253. The Labute approximate surface area is 119 Å². The van der Waals surface area contributed by atoms with Gasteiger partial charge in [0.2, 0.25) is 10.0 Å². The second kappa shape index (κ2) is 5.08. The summed E-state index contributed by atoms with van der Waals surface area (Å²) in [5, 5.41) is 0.321. The van der Waals surface area contributed by atoms with Gasteiger partial charge in [-0.2, -0.15) is 4.31 Å². The van der Waals surface area contributed by atoms with Crippen LogP contribution in [0.15, 0.2) is 29.2 Å². The predicted octanol–water partition coefficient (Wildman–Crippen LogP) is 3.29. The average molecular weight is 300 g/mol. The molecule has 19 heavy (non-hydrogen) atoms. The minimum absolute atomic E-state index is 0.190. The van der Waals surface area contributed by atoms with E-state index in [1.165, 1.54) is 19.3 Å². The first-order valence-corrected chi connectivity index (χ1v) is 8.69. The minimum Gasteiger partial charge on any atom is -0.207 e. The van der Waals surface area contributed by atoms with Gasteiger partial charge >= 0.3 is 0 Å². The molecule has 104 valence electrons. The fraction of sp³-hybridized carbons (Fsp3) is 0.571. The number of benzene rings is 1. The quantitative estimate of drug-likeness (QED) is 0.859. The Morgan fingerprint density at radius 1 is 1.11 bits per heavy atom. The first-order chi connectivity index (χ1) is 9.10. The Morgan fingerprint density at radius 3 is 2.47 bits per heavy atom. The summed E-state index contributed by atoms with van der Waals surface area (Å²) in [7, 11) is -3.44. The van der Waals surface area contributed by atoms with Crippen LogP contribution >= 0.6 is 11.6 Å². The van der Waals surface area contributed by atoms with Crippen LogP contribution in [0.25, 0.3) is 0 Å². The van der Waals surface area contributed by atoms with E-state index in [9.17, 15) is 8.42 Å². The van der Waals surface area contributed by atoms with Crippen LogP contribution < -0.4 is 0 Å². The maximum atomic E-state index is 12.8. The van der Waals surface area contributed by atoms with Gasteiger partial charge in [-0.3, -0.25) is 0 Å². The van der Waals surface area contributed by atoms with E-state index in [4.69, 9.17) is 11.6 Å². The molecule has 1 aromatic carbocycles. The van der Waals surface area contributed by atoms with Crippen LogP contribution in [0.4, 0.5) is 0 Å². The molecule has 1 aliphatic carbocycles. The minimum atomic E-state index is -3.44. The zero-order valence-electron chi connectivity index (χ0n) is 10.8. The molecule has 1 atom stereocenters. The van der Waals surface area contributed by atoms with Crippen LogP contribution in [0.2, 0.25) is 5.02 Å². The summed E-state index contributed by atoms with van der Waals surface area (Å²) in [6, 6.07) is 6.92. The predicted molar refractivity (Wildman–Crippen MR) is 75.7 cm³/mol. The molecular weight excluding hydrogens is 282 g/mol. The van der Waals surface area contributed by atoms with Gasteiger partial charge in [0, 0.05) is 12.6 Å². The van der Waals surface area contributed by atoms with Gasteiger partial charge in [-0.1, -0.05) is 30.2 Å². The average Bonchev–Trinajstić information content (AvgIpc) is 2.76. The fourth-order valence-corrected chi connectivity index (χ4v) is 5.39. The monoisotopic (exact) mass is 299 g/mol. The Kier molecular flexibility index (Phi) is 3.58. The summed E-state index contributed by atoms with van der Waals surface area (Å²) in [6.07, 6.45) is 5.53. The van der Waals surface area contributed by atoms with Gasteiger partial charge < -0.3 is 0 Å². The van der Waals surface area contributed by atoms with Gasteiger partial charge in [-0.15, -0.1) is 0 Å². The summed E-state index contributed by atoms with van der Waals surface area (Å²) in [5.41, 5.74) is 0. The highest BCUT2D eigenvalue weighted by molar-refractivity contribution is 7.89. The van der Waals surface area contributed by atoms with E-state index in [0.717, 1.165) is 12.8 Å². The van der Waals surface area contributed by atoms with Gasteiger partial charge in [-0.25, -0.2) is 8.42 Å². The molecule has 1 saturated heterocycles. The lowest BCUT2D eigenvalue weighted by molar-refractivity contribution is 0.191. The maximum Gasteiger partial charge on any atom is 0.244 e. The highest BCUT2D eigenvalue weighted by atomic mass is 35.5. The van der Waals surface area contributed by atoms with E-state index >= 15 is 0 Å². The van der Waals surface area contributed by atoms with E-state index in [-0.39, 0.29) is 10.9 Å². The Morgan fingerprint density at radius 2 is 1.84 bits per heavy atom. The first-order valence-electron chi connectivity index (χ1n) is 6.87. The van der Waals surface area contributed by atoms with Crippen molar-refractivity contribution >= 4 is 21.6 Å². The van der Waals surface area contributed by atoms with Crippen molar-refractivity contribution < 1.29 is 8.42 Å².